The van der Waals surface area contributed by atoms with Crippen LogP contribution in [-0.2, 0) is 5.41 Å². The van der Waals surface area contributed by atoms with Crippen LogP contribution in [0.15, 0.2) is 120 Å². The Labute approximate surface area is 184 Å². The summed E-state index contributed by atoms with van der Waals surface area (Å²) in [5.41, 5.74) is 12.8. The molecule has 0 amide bonds. The van der Waals surface area contributed by atoms with Crippen LogP contribution in [0, 0.1) is 0 Å². The molecule has 0 saturated carbocycles. The maximum atomic E-state index is 5.81. The zero-order valence-electron chi connectivity index (χ0n) is 17.7. The summed E-state index contributed by atoms with van der Waals surface area (Å²) >= 11 is 0. The Kier molecular flexibility index (Phi) is 5.81. The SMILES string of the molecule is C=N/C(=C\C(C)(c1ccccc1)c1ccccc1)c1ccc(-c2ccc(N)cc2)cc1. The van der Waals surface area contributed by atoms with E-state index < -0.39 is 0 Å². The van der Waals surface area contributed by atoms with E-state index in [1.807, 2.05) is 36.4 Å². The quantitative estimate of drug-likeness (QED) is 0.274. The lowest BCUT2D eigenvalue weighted by Gasteiger charge is -2.28. The molecule has 0 atom stereocenters. The second-order valence-electron chi connectivity index (χ2n) is 7.82. The van der Waals surface area contributed by atoms with Crippen LogP contribution in [0.2, 0.25) is 0 Å². The van der Waals surface area contributed by atoms with Crippen molar-refractivity contribution in [2.24, 2.45) is 4.99 Å². The van der Waals surface area contributed by atoms with E-state index in [9.17, 15) is 0 Å². The summed E-state index contributed by atoms with van der Waals surface area (Å²) in [7, 11) is 0. The van der Waals surface area contributed by atoms with Crippen molar-refractivity contribution in [3.8, 4) is 11.1 Å². The van der Waals surface area contributed by atoms with Crippen molar-refractivity contribution in [2.45, 2.75) is 12.3 Å². The Bertz CT molecular complexity index is 1130. The molecule has 0 aliphatic carbocycles. The van der Waals surface area contributed by atoms with Crippen molar-refractivity contribution >= 4 is 18.1 Å². The van der Waals surface area contributed by atoms with Crippen LogP contribution >= 0.6 is 0 Å². The van der Waals surface area contributed by atoms with Gasteiger partial charge in [-0.05, 0) is 59.7 Å². The summed E-state index contributed by atoms with van der Waals surface area (Å²) < 4.78 is 0. The fraction of sp³-hybridized carbons (Fsp3) is 0.0690. The average Bonchev–Trinajstić information content (AvgIpc) is 2.84. The fourth-order valence-corrected chi connectivity index (χ4v) is 3.90. The minimum atomic E-state index is -0.339. The Morgan fingerprint density at radius 2 is 1.16 bits per heavy atom. The normalized spacial score (nSPS) is 11.8. The molecule has 4 aromatic carbocycles. The fourth-order valence-electron chi connectivity index (χ4n) is 3.90. The van der Waals surface area contributed by atoms with E-state index in [2.05, 4.69) is 97.5 Å². The molecule has 2 N–H and O–H groups in total. The molecule has 4 rings (SSSR count). The molecule has 0 aliphatic rings. The lowest BCUT2D eigenvalue weighted by atomic mass is 9.75. The molecule has 152 valence electrons. The van der Waals surface area contributed by atoms with Gasteiger partial charge in [-0.2, -0.15) is 0 Å². The highest BCUT2D eigenvalue weighted by molar-refractivity contribution is 5.74. The number of hydrogen-bond donors (Lipinski definition) is 1. The summed E-state index contributed by atoms with van der Waals surface area (Å²) in [5.74, 6) is 0. The summed E-state index contributed by atoms with van der Waals surface area (Å²) in [6.45, 7) is 6.09. The third-order valence-electron chi connectivity index (χ3n) is 5.77. The lowest BCUT2D eigenvalue weighted by molar-refractivity contribution is 0.724. The largest absolute Gasteiger partial charge is 0.399 e. The Morgan fingerprint density at radius 1 is 0.710 bits per heavy atom. The Morgan fingerprint density at radius 3 is 1.61 bits per heavy atom. The van der Waals surface area contributed by atoms with Crippen molar-refractivity contribution in [2.75, 3.05) is 5.73 Å². The van der Waals surface area contributed by atoms with Gasteiger partial charge >= 0.3 is 0 Å². The minimum Gasteiger partial charge on any atom is -0.399 e. The monoisotopic (exact) mass is 402 g/mol. The second-order valence-corrected chi connectivity index (χ2v) is 7.82. The Hall–Kier alpha value is -3.91. The van der Waals surface area contributed by atoms with E-state index in [0.717, 1.165) is 28.1 Å². The van der Waals surface area contributed by atoms with Crippen molar-refractivity contribution in [1.29, 1.82) is 0 Å². The first-order chi connectivity index (χ1) is 15.1. The summed E-state index contributed by atoms with van der Waals surface area (Å²) in [6.07, 6.45) is 2.21. The average molecular weight is 403 g/mol. The van der Waals surface area contributed by atoms with E-state index in [1.165, 1.54) is 11.1 Å². The van der Waals surface area contributed by atoms with Crippen LogP contribution in [0.3, 0.4) is 0 Å². The van der Waals surface area contributed by atoms with Crippen molar-refractivity contribution in [3.05, 3.63) is 132 Å². The zero-order chi connectivity index (χ0) is 21.7. The molecule has 0 unspecified atom stereocenters. The molecule has 0 aliphatic heterocycles. The van der Waals surface area contributed by atoms with Crippen LogP contribution in [-0.4, -0.2) is 6.72 Å². The second kappa shape index (κ2) is 8.85. The number of rotatable bonds is 6. The molecular weight excluding hydrogens is 376 g/mol. The summed E-state index contributed by atoms with van der Waals surface area (Å²) in [5, 5.41) is 0. The number of benzene rings is 4. The van der Waals surface area contributed by atoms with Gasteiger partial charge in [0.25, 0.3) is 0 Å². The van der Waals surface area contributed by atoms with E-state index in [-0.39, 0.29) is 5.41 Å². The number of nitrogens with two attached hydrogens (primary N) is 1. The highest BCUT2D eigenvalue weighted by atomic mass is 14.7. The maximum absolute atomic E-state index is 5.81. The van der Waals surface area contributed by atoms with Gasteiger partial charge in [-0.1, -0.05) is 97.1 Å². The van der Waals surface area contributed by atoms with Gasteiger partial charge in [-0.3, -0.25) is 4.99 Å². The van der Waals surface area contributed by atoms with Gasteiger partial charge < -0.3 is 5.73 Å². The van der Waals surface area contributed by atoms with Gasteiger partial charge in [-0.25, -0.2) is 0 Å². The van der Waals surface area contributed by atoms with Crippen LogP contribution < -0.4 is 5.73 Å². The topological polar surface area (TPSA) is 38.4 Å². The minimum absolute atomic E-state index is 0.339. The third kappa shape index (κ3) is 4.34. The summed E-state index contributed by atoms with van der Waals surface area (Å²) in [6, 6.07) is 37.4. The molecule has 0 radical (unpaired) electrons. The van der Waals surface area contributed by atoms with Gasteiger partial charge in [0, 0.05) is 11.1 Å². The number of nitrogen functional groups attached to an aromatic ring is 1. The van der Waals surface area contributed by atoms with Crippen molar-refractivity contribution < 1.29 is 0 Å². The predicted octanol–water partition coefficient (Wildman–Crippen LogP) is 6.98. The van der Waals surface area contributed by atoms with Gasteiger partial charge in [0.2, 0.25) is 0 Å². The molecular formula is C29H26N2. The highest BCUT2D eigenvalue weighted by Crippen LogP contribution is 2.36. The number of nitrogens with zero attached hydrogens (tertiary/aromatic N) is 1. The molecule has 0 heterocycles. The molecule has 0 aromatic heterocycles. The van der Waals surface area contributed by atoms with E-state index in [4.69, 9.17) is 5.73 Å². The molecule has 2 heteroatoms. The van der Waals surface area contributed by atoms with Gasteiger partial charge in [0.05, 0.1) is 5.70 Å². The first kappa shape index (κ1) is 20.4. The first-order valence-corrected chi connectivity index (χ1v) is 10.4. The molecule has 0 spiro atoms. The number of hydrogen-bond acceptors (Lipinski definition) is 2. The van der Waals surface area contributed by atoms with E-state index in [0.29, 0.717) is 0 Å². The third-order valence-corrected chi connectivity index (χ3v) is 5.77. The zero-order valence-corrected chi connectivity index (χ0v) is 17.7. The summed E-state index contributed by atoms with van der Waals surface area (Å²) in [4.78, 5) is 4.40. The van der Waals surface area contributed by atoms with E-state index in [1.54, 1.807) is 0 Å². The predicted molar refractivity (Wildman–Crippen MR) is 133 cm³/mol. The van der Waals surface area contributed by atoms with Gasteiger partial charge in [0.1, 0.15) is 0 Å². The van der Waals surface area contributed by atoms with Crippen LogP contribution in [0.5, 0.6) is 0 Å². The highest BCUT2D eigenvalue weighted by Gasteiger charge is 2.27. The Balaban J connectivity index is 1.76. The van der Waals surface area contributed by atoms with Gasteiger partial charge in [0.15, 0.2) is 0 Å². The van der Waals surface area contributed by atoms with Crippen LogP contribution in [0.25, 0.3) is 16.8 Å². The molecule has 2 nitrogen and oxygen atoms in total. The lowest BCUT2D eigenvalue weighted by Crippen LogP contribution is -2.21. The molecule has 0 bridgehead atoms. The van der Waals surface area contributed by atoms with E-state index >= 15 is 0 Å². The molecule has 0 fully saturated rings. The van der Waals surface area contributed by atoms with Crippen molar-refractivity contribution in [3.63, 3.8) is 0 Å². The standard InChI is InChI=1S/C29H26N2/c1-29(25-9-5-3-6-10-25,26-11-7-4-8-12-26)21-28(31-2)24-15-13-22(14-16-24)23-17-19-27(30)20-18-23/h3-21H,2,30H2,1H3/b28-21-. The first-order valence-electron chi connectivity index (χ1n) is 10.4. The smallest absolute Gasteiger partial charge is 0.0667 e. The van der Waals surface area contributed by atoms with Crippen LogP contribution in [0.1, 0.15) is 23.6 Å². The number of anilines is 1. The van der Waals surface area contributed by atoms with Crippen LogP contribution in [0.4, 0.5) is 5.69 Å². The molecule has 4 aromatic rings. The maximum Gasteiger partial charge on any atom is 0.0667 e. The van der Waals surface area contributed by atoms with Crippen molar-refractivity contribution in [1.82, 2.24) is 0 Å². The number of aliphatic imine (C=N–C) groups is 1. The van der Waals surface area contributed by atoms with Gasteiger partial charge in [-0.15, -0.1) is 0 Å². The molecule has 0 saturated heterocycles. The number of allylic oxidation sites excluding steroid dienone is 1. The molecule has 31 heavy (non-hydrogen) atoms.